The Morgan fingerprint density at radius 2 is 1.88 bits per heavy atom. The number of rotatable bonds is 8. The monoisotopic (exact) mass is 394 g/mol. The first-order valence-electron chi connectivity index (χ1n) is 8.28. The molecule has 0 atom stereocenters. The van der Waals surface area contributed by atoms with Crippen molar-refractivity contribution in [3.8, 4) is 0 Å². The molecule has 0 radical (unpaired) electrons. The highest BCUT2D eigenvalue weighted by atomic mass is 35.5. The van der Waals surface area contributed by atoms with Crippen molar-refractivity contribution in [1.82, 2.24) is 20.5 Å². The second-order valence-electron chi connectivity index (χ2n) is 6.16. The van der Waals surface area contributed by atoms with E-state index in [-0.39, 0.29) is 29.0 Å². The van der Waals surface area contributed by atoms with Crippen molar-refractivity contribution in [2.45, 2.75) is 56.9 Å². The van der Waals surface area contributed by atoms with Crippen LogP contribution in [0, 0.1) is 13.8 Å². The third kappa shape index (κ3) is 4.93. The molecule has 0 unspecified atom stereocenters. The van der Waals surface area contributed by atoms with E-state index in [4.69, 9.17) is 4.52 Å². The molecule has 10 heteroatoms. The van der Waals surface area contributed by atoms with Crippen LogP contribution >= 0.6 is 12.4 Å². The molecule has 1 heterocycles. The van der Waals surface area contributed by atoms with Crippen molar-refractivity contribution >= 4 is 28.3 Å². The molecule has 25 heavy (non-hydrogen) atoms. The molecule has 0 saturated heterocycles. The maximum atomic E-state index is 12.8. The number of nitrogens with zero attached hydrogens (tertiary/aromatic N) is 1. The lowest BCUT2D eigenvalue weighted by molar-refractivity contribution is -0.126. The quantitative estimate of drug-likeness (QED) is 0.567. The Morgan fingerprint density at radius 1 is 1.24 bits per heavy atom. The maximum absolute atomic E-state index is 12.8. The van der Waals surface area contributed by atoms with E-state index < -0.39 is 15.6 Å². The topological polar surface area (TPSA) is 113 Å². The average molecular weight is 395 g/mol. The van der Waals surface area contributed by atoms with Crippen molar-refractivity contribution in [2.75, 3.05) is 19.6 Å². The summed E-state index contributed by atoms with van der Waals surface area (Å²) in [5.41, 5.74) is -0.804. The molecule has 1 fully saturated rings. The largest absolute Gasteiger partial charge is 0.360 e. The van der Waals surface area contributed by atoms with E-state index >= 15 is 0 Å². The summed E-state index contributed by atoms with van der Waals surface area (Å²) < 4.78 is 33.1. The number of likely N-dealkylation sites (N-methyl/N-ethyl adjacent to an activating group) is 1. The lowest BCUT2D eigenvalue weighted by Crippen LogP contribution is -2.57. The van der Waals surface area contributed by atoms with E-state index in [2.05, 4.69) is 20.5 Å². The summed E-state index contributed by atoms with van der Waals surface area (Å²) in [7, 11) is -3.88. The minimum atomic E-state index is -3.88. The van der Waals surface area contributed by atoms with Crippen LogP contribution in [0.3, 0.4) is 0 Å². The van der Waals surface area contributed by atoms with Gasteiger partial charge in [0, 0.05) is 13.1 Å². The Bertz CT molecular complexity index is 664. The summed E-state index contributed by atoms with van der Waals surface area (Å²) in [5.74, 6) is -0.0473. The minimum Gasteiger partial charge on any atom is -0.360 e. The molecule has 1 aromatic heterocycles. The van der Waals surface area contributed by atoms with Crippen LogP contribution in [0.2, 0.25) is 0 Å². The van der Waals surface area contributed by atoms with Crippen LogP contribution in [-0.2, 0) is 14.8 Å². The van der Waals surface area contributed by atoms with Gasteiger partial charge in [-0.2, -0.15) is 4.72 Å². The van der Waals surface area contributed by atoms with Crippen LogP contribution in [0.15, 0.2) is 9.42 Å². The number of sulfonamides is 1. The Hall–Kier alpha value is -1.16. The highest BCUT2D eigenvalue weighted by Gasteiger charge is 2.45. The van der Waals surface area contributed by atoms with Gasteiger partial charge < -0.3 is 15.2 Å². The van der Waals surface area contributed by atoms with Crippen LogP contribution in [0.5, 0.6) is 0 Å². The zero-order chi connectivity index (χ0) is 17.8. The number of carbonyl (C=O) groups excluding carboxylic acids is 1. The van der Waals surface area contributed by atoms with Gasteiger partial charge in [0.25, 0.3) is 0 Å². The Balaban J connectivity index is 0.00000312. The Kier molecular flexibility index (Phi) is 7.86. The van der Waals surface area contributed by atoms with Gasteiger partial charge in [-0.15, -0.1) is 12.4 Å². The predicted molar refractivity (Wildman–Crippen MR) is 96.3 cm³/mol. The summed E-state index contributed by atoms with van der Waals surface area (Å²) >= 11 is 0. The highest BCUT2D eigenvalue weighted by molar-refractivity contribution is 7.89. The number of aryl methyl sites for hydroxylation is 2. The lowest BCUT2D eigenvalue weighted by atomic mass is 9.98. The predicted octanol–water partition coefficient (Wildman–Crippen LogP) is 1.03. The normalized spacial score (nSPS) is 16.4. The standard InChI is InChI=1S/C15H26N4O4S.ClH/c1-4-16-9-10-17-14(20)15(7-5-6-8-15)19-24(21,22)13-11(2)18-23-12(13)3;/h16,19H,4-10H2,1-3H3,(H,17,20);1H. The molecular formula is C15H27ClN4O4S. The molecule has 1 aliphatic rings. The first-order valence-corrected chi connectivity index (χ1v) is 9.76. The third-order valence-corrected chi connectivity index (χ3v) is 6.08. The Labute approximate surface area is 154 Å². The van der Waals surface area contributed by atoms with E-state index in [0.717, 1.165) is 19.4 Å². The van der Waals surface area contributed by atoms with Gasteiger partial charge in [-0.3, -0.25) is 4.79 Å². The molecule has 1 amide bonds. The second kappa shape index (κ2) is 8.98. The van der Waals surface area contributed by atoms with Crippen LogP contribution in [0.4, 0.5) is 0 Å². The minimum absolute atomic E-state index is 0. The molecule has 1 aromatic rings. The molecule has 8 nitrogen and oxygen atoms in total. The zero-order valence-electron chi connectivity index (χ0n) is 14.8. The van der Waals surface area contributed by atoms with Gasteiger partial charge in [-0.25, -0.2) is 8.42 Å². The van der Waals surface area contributed by atoms with Crippen molar-refractivity contribution in [1.29, 1.82) is 0 Å². The lowest BCUT2D eigenvalue weighted by Gasteiger charge is -2.28. The summed E-state index contributed by atoms with van der Waals surface area (Å²) in [6.45, 7) is 7.03. The molecule has 144 valence electrons. The first-order chi connectivity index (χ1) is 11.3. The average Bonchev–Trinajstić information content (AvgIpc) is 3.11. The summed E-state index contributed by atoms with van der Waals surface area (Å²) in [4.78, 5) is 12.7. The molecule has 3 N–H and O–H groups in total. The molecule has 0 aromatic carbocycles. The number of aromatic nitrogens is 1. The van der Waals surface area contributed by atoms with Crippen LogP contribution in [0.1, 0.15) is 44.1 Å². The number of nitrogens with one attached hydrogen (secondary N) is 3. The van der Waals surface area contributed by atoms with Crippen LogP contribution in [0.25, 0.3) is 0 Å². The van der Waals surface area contributed by atoms with E-state index in [1.165, 1.54) is 0 Å². The van der Waals surface area contributed by atoms with Gasteiger partial charge in [0.15, 0.2) is 5.76 Å². The van der Waals surface area contributed by atoms with Gasteiger partial charge in [-0.1, -0.05) is 24.9 Å². The summed E-state index contributed by atoms with van der Waals surface area (Å²) in [6, 6.07) is 0. The van der Waals surface area contributed by atoms with E-state index in [9.17, 15) is 13.2 Å². The number of amides is 1. The van der Waals surface area contributed by atoms with Gasteiger partial charge in [0.1, 0.15) is 16.1 Å². The molecular weight excluding hydrogens is 368 g/mol. The fourth-order valence-corrected chi connectivity index (χ4v) is 4.89. The SMILES string of the molecule is CCNCCNC(=O)C1(NS(=O)(=O)c2c(C)noc2C)CCCC1.Cl. The second-order valence-corrected chi connectivity index (χ2v) is 7.78. The van der Waals surface area contributed by atoms with Gasteiger partial charge in [0.2, 0.25) is 15.9 Å². The molecule has 1 aliphatic carbocycles. The highest BCUT2D eigenvalue weighted by Crippen LogP contribution is 2.32. The Morgan fingerprint density at radius 3 is 2.40 bits per heavy atom. The molecule has 0 bridgehead atoms. The van der Waals surface area contributed by atoms with Crippen molar-refractivity contribution < 1.29 is 17.7 Å². The van der Waals surface area contributed by atoms with Crippen LogP contribution < -0.4 is 15.4 Å². The summed E-state index contributed by atoms with van der Waals surface area (Å²) in [5, 5.41) is 9.64. The molecule has 0 spiro atoms. The van der Waals surface area contributed by atoms with Gasteiger partial charge in [0.05, 0.1) is 0 Å². The number of hydrogen-bond acceptors (Lipinski definition) is 6. The summed E-state index contributed by atoms with van der Waals surface area (Å²) in [6.07, 6.45) is 2.60. The number of carbonyl (C=O) groups is 1. The van der Waals surface area contributed by atoms with Crippen molar-refractivity contribution in [3.63, 3.8) is 0 Å². The van der Waals surface area contributed by atoms with E-state index in [1.54, 1.807) is 13.8 Å². The molecule has 2 rings (SSSR count). The smallest absolute Gasteiger partial charge is 0.246 e. The number of hydrogen-bond donors (Lipinski definition) is 3. The van der Waals surface area contributed by atoms with Crippen molar-refractivity contribution in [3.05, 3.63) is 11.5 Å². The first kappa shape index (κ1) is 21.9. The van der Waals surface area contributed by atoms with E-state index in [1.807, 2.05) is 6.92 Å². The maximum Gasteiger partial charge on any atom is 0.246 e. The number of halogens is 1. The molecule has 1 saturated carbocycles. The molecule has 0 aliphatic heterocycles. The van der Waals surface area contributed by atoms with Gasteiger partial charge in [-0.05, 0) is 33.2 Å². The van der Waals surface area contributed by atoms with E-state index in [0.29, 0.717) is 31.6 Å². The fourth-order valence-electron chi connectivity index (χ4n) is 3.13. The third-order valence-electron chi connectivity index (χ3n) is 4.30. The fraction of sp³-hybridized carbons (Fsp3) is 0.733. The zero-order valence-corrected chi connectivity index (χ0v) is 16.5. The van der Waals surface area contributed by atoms with Crippen LogP contribution in [-0.4, -0.2) is 44.7 Å². The van der Waals surface area contributed by atoms with Gasteiger partial charge >= 0.3 is 0 Å². The van der Waals surface area contributed by atoms with Crippen molar-refractivity contribution in [2.24, 2.45) is 0 Å².